The largest absolute Gasteiger partial charge is 0.348 e. The van der Waals surface area contributed by atoms with Gasteiger partial charge in [-0.2, -0.15) is 0 Å². The Kier molecular flexibility index (Phi) is 3.76. The summed E-state index contributed by atoms with van der Waals surface area (Å²) in [7, 11) is 0.694. The molecule has 3 atom stereocenters. The minimum absolute atomic E-state index is 0.0000743. The highest BCUT2D eigenvalue weighted by Gasteiger charge is 2.53. The molecule has 7 nitrogen and oxygen atoms in total. The molecule has 1 aromatic heterocycles. The Bertz CT molecular complexity index is 682. The molecular formula is C14H22N4O3S. The number of carbonyl (C=O) groups excluding carboxylic acids is 1. The van der Waals surface area contributed by atoms with E-state index in [1.165, 1.54) is 0 Å². The molecule has 122 valence electrons. The minimum Gasteiger partial charge on any atom is -0.348 e. The lowest BCUT2D eigenvalue weighted by Gasteiger charge is -2.25. The van der Waals surface area contributed by atoms with Gasteiger partial charge in [0.2, 0.25) is 5.91 Å². The highest BCUT2D eigenvalue weighted by Crippen LogP contribution is 2.36. The molecule has 3 heterocycles. The maximum atomic E-state index is 12.4. The van der Waals surface area contributed by atoms with Crippen LogP contribution in [0, 0.1) is 12.8 Å². The first kappa shape index (κ1) is 15.5. The van der Waals surface area contributed by atoms with Crippen molar-refractivity contribution in [1.82, 2.24) is 19.8 Å². The third-order valence-electron chi connectivity index (χ3n) is 4.94. The number of nitrogens with zero attached hydrogens (tertiary/aromatic N) is 3. The summed E-state index contributed by atoms with van der Waals surface area (Å²) in [5.41, 5.74) is 1.61. The van der Waals surface area contributed by atoms with Crippen molar-refractivity contribution in [3.05, 3.63) is 17.7 Å². The van der Waals surface area contributed by atoms with Crippen molar-refractivity contribution >= 4 is 15.7 Å². The van der Waals surface area contributed by atoms with Crippen molar-refractivity contribution in [1.29, 1.82) is 0 Å². The van der Waals surface area contributed by atoms with Crippen LogP contribution in [0.4, 0.5) is 0 Å². The van der Waals surface area contributed by atoms with Gasteiger partial charge in [-0.25, -0.2) is 13.4 Å². The highest BCUT2D eigenvalue weighted by atomic mass is 32.2. The molecule has 2 aliphatic heterocycles. The first-order valence-corrected chi connectivity index (χ1v) is 9.15. The number of hydrogen-bond donors (Lipinski definition) is 1. The number of aromatic nitrogens is 2. The minimum atomic E-state index is -3.11. The topological polar surface area (TPSA) is 86.4 Å². The Balaban J connectivity index is 1.74. The van der Waals surface area contributed by atoms with Gasteiger partial charge in [0.25, 0.3) is 0 Å². The van der Waals surface area contributed by atoms with Crippen molar-refractivity contribution < 1.29 is 13.2 Å². The van der Waals surface area contributed by atoms with Crippen LogP contribution in [0.2, 0.25) is 0 Å². The van der Waals surface area contributed by atoms with Crippen LogP contribution in [-0.2, 0) is 21.1 Å². The maximum absolute atomic E-state index is 12.4. The number of amides is 1. The number of aryl methyl sites for hydroxylation is 1. The molecule has 0 aliphatic carbocycles. The molecule has 2 aliphatic rings. The SMILES string of the molecule is Cc1[nH]cnc1CC(=O)N1C[C@H]2[C@@H](N(C)C)CS(=O)(=O)[C@H]2C1. The fraction of sp³-hybridized carbons (Fsp3) is 0.714. The summed E-state index contributed by atoms with van der Waals surface area (Å²) < 4.78 is 24.6. The van der Waals surface area contributed by atoms with E-state index in [-0.39, 0.29) is 30.0 Å². The first-order chi connectivity index (χ1) is 10.3. The number of hydrogen-bond acceptors (Lipinski definition) is 5. The lowest BCUT2D eigenvalue weighted by atomic mass is 10.00. The summed E-state index contributed by atoms with van der Waals surface area (Å²) >= 11 is 0. The number of sulfone groups is 1. The summed E-state index contributed by atoms with van der Waals surface area (Å²) in [4.78, 5) is 23.2. The Morgan fingerprint density at radius 2 is 2.18 bits per heavy atom. The number of aromatic amines is 1. The fourth-order valence-electron chi connectivity index (χ4n) is 3.59. The highest BCUT2D eigenvalue weighted by molar-refractivity contribution is 7.92. The van der Waals surface area contributed by atoms with Gasteiger partial charge in [0.15, 0.2) is 9.84 Å². The van der Waals surface area contributed by atoms with Crippen molar-refractivity contribution in [2.45, 2.75) is 24.6 Å². The number of imidazole rings is 1. The molecule has 2 saturated heterocycles. The number of rotatable bonds is 3. The van der Waals surface area contributed by atoms with Crippen LogP contribution < -0.4 is 0 Å². The molecule has 0 spiro atoms. The molecule has 1 amide bonds. The Labute approximate surface area is 130 Å². The van der Waals surface area contributed by atoms with Crippen LogP contribution in [0.5, 0.6) is 0 Å². The van der Waals surface area contributed by atoms with E-state index in [2.05, 4.69) is 9.97 Å². The van der Waals surface area contributed by atoms with Crippen molar-refractivity contribution in [2.24, 2.45) is 5.92 Å². The second-order valence-electron chi connectivity index (χ2n) is 6.51. The molecule has 0 aromatic carbocycles. The zero-order valence-electron chi connectivity index (χ0n) is 13.1. The van der Waals surface area contributed by atoms with Gasteiger partial charge in [-0.3, -0.25) is 4.79 Å². The van der Waals surface area contributed by atoms with Gasteiger partial charge in [-0.15, -0.1) is 0 Å². The number of nitrogens with one attached hydrogen (secondary N) is 1. The predicted octanol–water partition coefficient (Wildman–Crippen LogP) is -0.554. The van der Waals surface area contributed by atoms with Crippen molar-refractivity contribution in [2.75, 3.05) is 32.9 Å². The molecule has 1 aromatic rings. The van der Waals surface area contributed by atoms with Crippen LogP contribution in [0.15, 0.2) is 6.33 Å². The van der Waals surface area contributed by atoms with Crippen LogP contribution >= 0.6 is 0 Å². The average molecular weight is 326 g/mol. The zero-order valence-corrected chi connectivity index (χ0v) is 13.9. The van der Waals surface area contributed by atoms with Gasteiger partial charge in [0.1, 0.15) is 0 Å². The molecular weight excluding hydrogens is 304 g/mol. The summed E-state index contributed by atoms with van der Waals surface area (Å²) in [6.45, 7) is 2.72. The third-order valence-corrected chi connectivity index (χ3v) is 7.16. The van der Waals surface area contributed by atoms with E-state index < -0.39 is 15.1 Å². The van der Waals surface area contributed by atoms with Crippen LogP contribution in [0.1, 0.15) is 11.4 Å². The quantitative estimate of drug-likeness (QED) is 0.805. The number of H-pyrrole nitrogens is 1. The second kappa shape index (κ2) is 5.34. The van der Waals surface area contributed by atoms with Gasteiger partial charge >= 0.3 is 0 Å². The monoisotopic (exact) mass is 326 g/mol. The van der Waals surface area contributed by atoms with Gasteiger partial charge in [-0.1, -0.05) is 0 Å². The van der Waals surface area contributed by atoms with E-state index >= 15 is 0 Å². The van der Waals surface area contributed by atoms with E-state index in [0.29, 0.717) is 13.1 Å². The second-order valence-corrected chi connectivity index (χ2v) is 8.78. The Morgan fingerprint density at radius 1 is 1.45 bits per heavy atom. The van der Waals surface area contributed by atoms with Gasteiger partial charge < -0.3 is 14.8 Å². The van der Waals surface area contributed by atoms with E-state index in [4.69, 9.17) is 0 Å². The average Bonchev–Trinajstić information content (AvgIpc) is 3.08. The number of fused-ring (bicyclic) bond motifs is 1. The van der Waals surface area contributed by atoms with Crippen LogP contribution in [0.25, 0.3) is 0 Å². The lowest BCUT2D eigenvalue weighted by molar-refractivity contribution is -0.129. The Hall–Kier alpha value is -1.41. The molecule has 22 heavy (non-hydrogen) atoms. The van der Waals surface area contributed by atoms with E-state index in [1.807, 2.05) is 25.9 Å². The molecule has 8 heteroatoms. The predicted molar refractivity (Wildman–Crippen MR) is 82.1 cm³/mol. The van der Waals surface area contributed by atoms with E-state index in [1.54, 1.807) is 11.2 Å². The smallest absolute Gasteiger partial charge is 0.228 e. The summed E-state index contributed by atoms with van der Waals surface area (Å²) in [6, 6.07) is -0.0000743. The standard InChI is InChI=1S/C14H22N4O3S/c1-9-11(16-8-15-9)4-14(19)18-5-10-12(17(2)3)7-22(20,21)13(10)6-18/h8,10,12-13H,4-7H2,1-3H3,(H,15,16)/t10-,12-,13-/m0/s1. The van der Waals surface area contributed by atoms with Crippen molar-refractivity contribution in [3.8, 4) is 0 Å². The third kappa shape index (κ3) is 2.54. The van der Waals surface area contributed by atoms with Crippen molar-refractivity contribution in [3.63, 3.8) is 0 Å². The molecule has 0 unspecified atom stereocenters. The first-order valence-electron chi connectivity index (χ1n) is 7.44. The molecule has 0 bridgehead atoms. The summed E-state index contributed by atoms with van der Waals surface area (Å²) in [5.74, 6) is 0.178. The molecule has 3 rings (SSSR count). The maximum Gasteiger partial charge on any atom is 0.228 e. The lowest BCUT2D eigenvalue weighted by Crippen LogP contribution is -2.39. The van der Waals surface area contributed by atoms with E-state index in [9.17, 15) is 13.2 Å². The molecule has 0 radical (unpaired) electrons. The fourth-order valence-corrected chi connectivity index (χ4v) is 6.07. The van der Waals surface area contributed by atoms with Crippen LogP contribution in [0.3, 0.4) is 0 Å². The molecule has 1 N–H and O–H groups in total. The van der Waals surface area contributed by atoms with E-state index in [0.717, 1.165) is 11.4 Å². The zero-order chi connectivity index (χ0) is 16.1. The van der Waals surface area contributed by atoms with Gasteiger partial charge in [-0.05, 0) is 21.0 Å². The van der Waals surface area contributed by atoms with Crippen LogP contribution in [-0.4, -0.2) is 78.3 Å². The van der Waals surface area contributed by atoms with Gasteiger partial charge in [0.05, 0.1) is 29.4 Å². The molecule has 0 saturated carbocycles. The molecule has 2 fully saturated rings. The summed E-state index contributed by atoms with van der Waals surface area (Å²) in [6.07, 6.45) is 1.80. The Morgan fingerprint density at radius 3 is 2.77 bits per heavy atom. The normalized spacial score (nSPS) is 30.0. The summed E-state index contributed by atoms with van der Waals surface area (Å²) in [5, 5.41) is -0.413. The number of carbonyl (C=O) groups is 1. The van der Waals surface area contributed by atoms with Gasteiger partial charge in [0, 0.05) is 30.7 Å². The number of likely N-dealkylation sites (tertiary alicyclic amines) is 1.